The molecule has 0 fully saturated rings. The van der Waals surface area contributed by atoms with Crippen LogP contribution in [0.3, 0.4) is 0 Å². The van der Waals surface area contributed by atoms with Gasteiger partial charge in [0.25, 0.3) is 5.91 Å². The zero-order valence-electron chi connectivity index (χ0n) is 10.1. The predicted molar refractivity (Wildman–Crippen MR) is 69.5 cm³/mol. The van der Waals surface area contributed by atoms with Gasteiger partial charge < -0.3 is 11.1 Å². The minimum atomic E-state index is -0.822. The monoisotopic (exact) mass is 316 g/mol. The van der Waals surface area contributed by atoms with Gasteiger partial charge in [-0.3, -0.25) is 9.59 Å². The lowest BCUT2D eigenvalue weighted by atomic mass is 9.99. The number of rotatable bonds is 4. The average Bonchev–Trinajstić information content (AvgIpc) is 2.18. The van der Waals surface area contributed by atoms with E-state index < -0.39 is 23.2 Å². The number of nitrogens with two attached hydrogens (primary N) is 1. The molecule has 18 heavy (non-hydrogen) atoms. The Morgan fingerprint density at radius 3 is 2.61 bits per heavy atom. The molecule has 1 rings (SSSR count). The van der Waals surface area contributed by atoms with Gasteiger partial charge in [-0.25, -0.2) is 4.39 Å². The summed E-state index contributed by atoms with van der Waals surface area (Å²) in [6.45, 7) is 3.29. The quantitative estimate of drug-likeness (QED) is 0.891. The van der Waals surface area contributed by atoms with Crippen molar-refractivity contribution < 1.29 is 14.0 Å². The second-order valence-electron chi connectivity index (χ2n) is 4.58. The molecule has 0 saturated heterocycles. The van der Waals surface area contributed by atoms with E-state index in [1.807, 2.05) is 0 Å². The molecule has 1 aromatic carbocycles. The molecule has 4 nitrogen and oxygen atoms in total. The van der Waals surface area contributed by atoms with Crippen LogP contribution in [-0.2, 0) is 4.79 Å². The molecule has 0 saturated carbocycles. The van der Waals surface area contributed by atoms with Crippen molar-refractivity contribution in [1.29, 1.82) is 0 Å². The van der Waals surface area contributed by atoms with Gasteiger partial charge in [-0.05, 0) is 41.9 Å². The predicted octanol–water partition coefficient (Wildman–Crippen LogP) is 1.97. The van der Waals surface area contributed by atoms with Crippen LogP contribution in [0.2, 0.25) is 0 Å². The first-order valence-electron chi connectivity index (χ1n) is 5.28. The summed E-state index contributed by atoms with van der Waals surface area (Å²) in [5.74, 6) is -1.75. The first kappa shape index (κ1) is 14.6. The summed E-state index contributed by atoms with van der Waals surface area (Å²) >= 11 is 3.01. The fraction of sp³-hybridized carbons (Fsp3) is 0.333. The number of benzene rings is 1. The molecule has 0 aliphatic heterocycles. The molecule has 2 amide bonds. The lowest BCUT2D eigenvalue weighted by Gasteiger charge is -2.24. The first-order chi connectivity index (χ1) is 8.23. The Balaban J connectivity index is 2.89. The Bertz CT molecular complexity index is 489. The van der Waals surface area contributed by atoms with Crippen molar-refractivity contribution in [2.75, 3.05) is 0 Å². The van der Waals surface area contributed by atoms with Crippen LogP contribution in [0.5, 0.6) is 0 Å². The maximum absolute atomic E-state index is 13.7. The Labute approximate surface area is 113 Å². The summed E-state index contributed by atoms with van der Waals surface area (Å²) in [6, 6.07) is 4.43. The van der Waals surface area contributed by atoms with E-state index in [9.17, 15) is 14.0 Å². The fourth-order valence-corrected chi connectivity index (χ4v) is 1.90. The molecule has 0 atom stereocenters. The van der Waals surface area contributed by atoms with E-state index in [1.54, 1.807) is 19.9 Å². The second kappa shape index (κ2) is 5.48. The van der Waals surface area contributed by atoms with Crippen molar-refractivity contribution in [3.05, 3.63) is 34.1 Å². The van der Waals surface area contributed by atoms with Crippen LogP contribution in [-0.4, -0.2) is 17.4 Å². The molecule has 0 heterocycles. The lowest BCUT2D eigenvalue weighted by Crippen LogP contribution is -2.46. The molecule has 0 unspecified atom stereocenters. The third kappa shape index (κ3) is 3.80. The van der Waals surface area contributed by atoms with Crippen molar-refractivity contribution in [3.63, 3.8) is 0 Å². The van der Waals surface area contributed by atoms with Gasteiger partial charge in [0, 0.05) is 12.0 Å². The molecule has 3 N–H and O–H groups in total. The van der Waals surface area contributed by atoms with Crippen LogP contribution in [0.4, 0.5) is 4.39 Å². The number of nitrogens with one attached hydrogen (secondary N) is 1. The number of carbonyl (C=O) groups is 2. The van der Waals surface area contributed by atoms with Crippen LogP contribution < -0.4 is 11.1 Å². The van der Waals surface area contributed by atoms with Crippen molar-refractivity contribution in [3.8, 4) is 0 Å². The van der Waals surface area contributed by atoms with E-state index in [0.717, 1.165) is 0 Å². The highest BCUT2D eigenvalue weighted by atomic mass is 79.9. The van der Waals surface area contributed by atoms with Crippen LogP contribution in [0.25, 0.3) is 0 Å². The summed E-state index contributed by atoms with van der Waals surface area (Å²) in [5.41, 5.74) is 4.17. The molecule has 6 heteroatoms. The molecule has 0 aromatic heterocycles. The Morgan fingerprint density at radius 2 is 2.06 bits per heavy atom. The zero-order chi connectivity index (χ0) is 13.9. The van der Waals surface area contributed by atoms with Gasteiger partial charge >= 0.3 is 0 Å². The highest BCUT2D eigenvalue weighted by Crippen LogP contribution is 2.19. The molecule has 98 valence electrons. The van der Waals surface area contributed by atoms with Crippen LogP contribution in [0, 0.1) is 5.82 Å². The van der Waals surface area contributed by atoms with Crippen molar-refractivity contribution >= 4 is 27.7 Å². The number of primary amides is 1. The smallest absolute Gasteiger partial charge is 0.254 e. The minimum Gasteiger partial charge on any atom is -0.370 e. The maximum atomic E-state index is 13.7. The second-order valence-corrected chi connectivity index (χ2v) is 5.44. The molecule has 0 radical (unpaired) electrons. The van der Waals surface area contributed by atoms with Gasteiger partial charge in [-0.2, -0.15) is 0 Å². The van der Waals surface area contributed by atoms with E-state index in [2.05, 4.69) is 21.2 Å². The highest BCUT2D eigenvalue weighted by Gasteiger charge is 2.25. The highest BCUT2D eigenvalue weighted by molar-refractivity contribution is 9.10. The van der Waals surface area contributed by atoms with Gasteiger partial charge in [0.15, 0.2) is 0 Å². The SMILES string of the molecule is CC(C)(CC(N)=O)NC(=O)c1cccc(Br)c1F. The number of halogens is 2. The molecular weight excluding hydrogens is 303 g/mol. The van der Waals surface area contributed by atoms with E-state index in [4.69, 9.17) is 5.73 Å². The fourth-order valence-electron chi connectivity index (χ4n) is 1.53. The van der Waals surface area contributed by atoms with Crippen LogP contribution in [0.15, 0.2) is 22.7 Å². The molecule has 1 aromatic rings. The third-order valence-corrected chi connectivity index (χ3v) is 2.88. The molecule has 0 bridgehead atoms. The molecule has 0 aliphatic carbocycles. The summed E-state index contributed by atoms with van der Waals surface area (Å²) in [6.07, 6.45) is -0.0195. The third-order valence-electron chi connectivity index (χ3n) is 2.26. The topological polar surface area (TPSA) is 72.2 Å². The molecular formula is C12H14BrFN2O2. The normalized spacial score (nSPS) is 11.1. The van der Waals surface area contributed by atoms with E-state index in [1.165, 1.54) is 12.1 Å². The van der Waals surface area contributed by atoms with Crippen LogP contribution >= 0.6 is 15.9 Å². The summed E-state index contributed by atoms with van der Waals surface area (Å²) < 4.78 is 13.9. The van der Waals surface area contributed by atoms with E-state index in [0.29, 0.717) is 0 Å². The zero-order valence-corrected chi connectivity index (χ0v) is 11.7. The Kier molecular flexibility index (Phi) is 4.45. The molecule has 0 aliphatic rings. The lowest BCUT2D eigenvalue weighted by molar-refractivity contribution is -0.119. The average molecular weight is 317 g/mol. The van der Waals surface area contributed by atoms with E-state index >= 15 is 0 Å². The number of hydrogen-bond donors (Lipinski definition) is 2. The summed E-state index contributed by atoms with van der Waals surface area (Å²) in [5, 5.41) is 2.57. The van der Waals surface area contributed by atoms with Gasteiger partial charge in [-0.1, -0.05) is 6.07 Å². The van der Waals surface area contributed by atoms with E-state index in [-0.39, 0.29) is 16.5 Å². The number of carbonyl (C=O) groups excluding carboxylic acids is 2. The number of hydrogen-bond acceptors (Lipinski definition) is 2. The number of amides is 2. The summed E-state index contributed by atoms with van der Waals surface area (Å²) in [4.78, 5) is 22.7. The largest absolute Gasteiger partial charge is 0.370 e. The van der Waals surface area contributed by atoms with Gasteiger partial charge in [0.2, 0.25) is 5.91 Å². The van der Waals surface area contributed by atoms with Gasteiger partial charge in [0.05, 0.1) is 10.0 Å². The maximum Gasteiger partial charge on any atom is 0.254 e. The first-order valence-corrected chi connectivity index (χ1v) is 6.07. The minimum absolute atomic E-state index is 0.0195. The Hall–Kier alpha value is -1.43. The Morgan fingerprint density at radius 1 is 1.44 bits per heavy atom. The van der Waals surface area contributed by atoms with Gasteiger partial charge in [0.1, 0.15) is 5.82 Å². The van der Waals surface area contributed by atoms with Crippen molar-refractivity contribution in [1.82, 2.24) is 5.32 Å². The standard InChI is InChI=1S/C12H14BrFN2O2/c1-12(2,6-9(15)17)16-11(18)7-4-3-5-8(13)10(7)14/h3-5H,6H2,1-2H3,(H2,15,17)(H,16,18). The summed E-state index contributed by atoms with van der Waals surface area (Å²) in [7, 11) is 0. The van der Waals surface area contributed by atoms with Crippen molar-refractivity contribution in [2.24, 2.45) is 5.73 Å². The molecule has 0 spiro atoms. The van der Waals surface area contributed by atoms with Crippen LogP contribution in [0.1, 0.15) is 30.6 Å². The van der Waals surface area contributed by atoms with Gasteiger partial charge in [-0.15, -0.1) is 0 Å². The van der Waals surface area contributed by atoms with Crippen molar-refractivity contribution in [2.45, 2.75) is 25.8 Å².